The third kappa shape index (κ3) is 3.78. The number of nitrogens with two attached hydrogens (primary N) is 1. The van der Waals surface area contributed by atoms with Crippen LogP contribution >= 0.6 is 12.2 Å². The van der Waals surface area contributed by atoms with E-state index in [0.29, 0.717) is 5.56 Å². The van der Waals surface area contributed by atoms with Crippen molar-refractivity contribution in [2.75, 3.05) is 11.1 Å². The average molecular weight is 512 g/mol. The molecule has 9 nitrogen and oxygen atoms in total. The fraction of sp³-hybridized carbons (Fsp3) is 0.150. The fourth-order valence-electron chi connectivity index (χ4n) is 3.61. The number of nitrogens with zero attached hydrogens (tertiary/aromatic N) is 1. The van der Waals surface area contributed by atoms with Crippen LogP contribution in [-0.4, -0.2) is 30.1 Å². The van der Waals surface area contributed by atoms with Crippen molar-refractivity contribution in [3.8, 4) is 0 Å². The molecule has 5 N–H and O–H groups in total. The zero-order valence-corrected chi connectivity index (χ0v) is 18.6. The van der Waals surface area contributed by atoms with Gasteiger partial charge in [0.1, 0.15) is 5.82 Å². The summed E-state index contributed by atoms with van der Waals surface area (Å²) in [5, 5.41) is 2.02. The topological polar surface area (TPSA) is 139 Å². The lowest BCUT2D eigenvalue weighted by atomic mass is 9.93. The number of rotatable bonds is 5. The molecular formula is C20H16F3N5O4S2. The predicted molar refractivity (Wildman–Crippen MR) is 119 cm³/mol. The summed E-state index contributed by atoms with van der Waals surface area (Å²) in [4.78, 5) is 27.1. The van der Waals surface area contributed by atoms with Crippen LogP contribution in [0.1, 0.15) is 11.1 Å². The molecule has 3 aromatic rings. The van der Waals surface area contributed by atoms with E-state index in [9.17, 15) is 31.2 Å². The number of aromatic nitrogens is 2. The van der Waals surface area contributed by atoms with Gasteiger partial charge >= 0.3 is 6.18 Å². The van der Waals surface area contributed by atoms with Crippen LogP contribution in [0.15, 0.2) is 64.3 Å². The minimum absolute atomic E-state index is 0.0995. The van der Waals surface area contributed by atoms with Gasteiger partial charge in [0.25, 0.3) is 11.5 Å². The summed E-state index contributed by atoms with van der Waals surface area (Å²) in [6.45, 7) is -0.0995. The highest BCUT2D eigenvalue weighted by atomic mass is 32.2. The van der Waals surface area contributed by atoms with Crippen LogP contribution in [0.4, 0.5) is 24.7 Å². The standard InChI is InChI=1S/C20H16F3N5O4S2/c21-20(22,23)19(27-34(31,32)13-8-6-12(24)7-9-13)14-15(25-17(19)30)28(18(33)26-16(14)29)10-11-4-2-1-3-5-11/h1-9,27H,10,24H2,(H,25,30)(H,26,29,33)/t19-/m1/s1. The molecule has 1 amide bonds. The predicted octanol–water partition coefficient (Wildman–Crippen LogP) is 2.22. The number of fused-ring (bicyclic) bond motifs is 1. The lowest BCUT2D eigenvalue weighted by Gasteiger charge is -2.29. The molecular weight excluding hydrogens is 495 g/mol. The molecule has 0 radical (unpaired) electrons. The van der Waals surface area contributed by atoms with Crippen molar-refractivity contribution in [1.82, 2.24) is 14.3 Å². The van der Waals surface area contributed by atoms with Crippen LogP contribution in [0.5, 0.6) is 0 Å². The molecule has 1 atom stereocenters. The zero-order valence-electron chi connectivity index (χ0n) is 17.0. The number of amides is 1. The lowest BCUT2D eigenvalue weighted by molar-refractivity contribution is -0.194. The van der Waals surface area contributed by atoms with Crippen molar-refractivity contribution < 1.29 is 26.4 Å². The fourth-order valence-corrected chi connectivity index (χ4v) is 5.19. The monoisotopic (exact) mass is 511 g/mol. The van der Waals surface area contributed by atoms with Gasteiger partial charge in [-0.3, -0.25) is 19.1 Å². The molecule has 1 aliphatic heterocycles. The van der Waals surface area contributed by atoms with Crippen molar-refractivity contribution >= 4 is 39.7 Å². The molecule has 0 spiro atoms. The maximum Gasteiger partial charge on any atom is 0.421 e. The summed E-state index contributed by atoms with van der Waals surface area (Å²) in [6.07, 6.45) is -5.54. The van der Waals surface area contributed by atoms with Crippen molar-refractivity contribution in [1.29, 1.82) is 0 Å². The first-order valence-corrected chi connectivity index (χ1v) is 11.5. The summed E-state index contributed by atoms with van der Waals surface area (Å²) in [5.74, 6) is -2.35. The average Bonchev–Trinajstić information content (AvgIpc) is 3.05. The summed E-state index contributed by atoms with van der Waals surface area (Å²) < 4.78 is 71.5. The third-order valence-corrected chi connectivity index (χ3v) is 7.02. The second kappa shape index (κ2) is 8.07. The molecule has 0 unspecified atom stereocenters. The van der Waals surface area contributed by atoms with Crippen LogP contribution in [0.2, 0.25) is 0 Å². The quantitative estimate of drug-likeness (QED) is 0.306. The zero-order chi connectivity index (χ0) is 24.9. The number of sulfonamides is 1. The van der Waals surface area contributed by atoms with Crippen molar-refractivity contribution in [2.45, 2.75) is 23.2 Å². The number of hydrogen-bond donors (Lipinski definition) is 4. The number of hydrogen-bond acceptors (Lipinski definition) is 6. The normalized spacial score (nSPS) is 17.9. The Bertz CT molecular complexity index is 1500. The van der Waals surface area contributed by atoms with E-state index in [2.05, 4.69) is 4.98 Å². The summed E-state index contributed by atoms with van der Waals surface area (Å²) in [5.41, 5.74) is -0.138. The van der Waals surface area contributed by atoms with Crippen LogP contribution in [-0.2, 0) is 26.9 Å². The number of alkyl halides is 3. The largest absolute Gasteiger partial charge is 0.421 e. The Hall–Kier alpha value is -3.49. The van der Waals surface area contributed by atoms with Gasteiger partial charge in [-0.15, -0.1) is 0 Å². The van der Waals surface area contributed by atoms with Gasteiger partial charge in [0.05, 0.1) is 17.0 Å². The van der Waals surface area contributed by atoms with Crippen LogP contribution in [0, 0.1) is 4.77 Å². The molecule has 0 saturated heterocycles. The number of H-pyrrole nitrogens is 1. The highest BCUT2D eigenvalue weighted by Gasteiger charge is 2.69. The van der Waals surface area contributed by atoms with Crippen molar-refractivity contribution in [3.05, 3.63) is 80.8 Å². The third-order valence-electron chi connectivity index (χ3n) is 5.23. The van der Waals surface area contributed by atoms with E-state index in [1.54, 1.807) is 30.3 Å². The van der Waals surface area contributed by atoms with E-state index >= 15 is 0 Å². The number of carbonyl (C=O) groups excluding carboxylic acids is 1. The van der Waals surface area contributed by atoms with Gasteiger partial charge in [0, 0.05) is 5.69 Å². The minimum Gasteiger partial charge on any atom is -0.399 e. The summed E-state index contributed by atoms with van der Waals surface area (Å²) >= 11 is 5.11. The number of benzene rings is 2. The molecule has 4 rings (SSSR count). The highest BCUT2D eigenvalue weighted by molar-refractivity contribution is 7.89. The molecule has 14 heteroatoms. The summed E-state index contributed by atoms with van der Waals surface area (Å²) in [6, 6.07) is 12.7. The molecule has 178 valence electrons. The highest BCUT2D eigenvalue weighted by Crippen LogP contribution is 2.46. The van der Waals surface area contributed by atoms with Crippen LogP contribution < -0.4 is 21.3 Å². The summed E-state index contributed by atoms with van der Waals surface area (Å²) in [7, 11) is -4.95. The molecule has 34 heavy (non-hydrogen) atoms. The smallest absolute Gasteiger partial charge is 0.399 e. The Morgan fingerprint density at radius 2 is 1.68 bits per heavy atom. The molecule has 1 aromatic heterocycles. The molecule has 0 saturated carbocycles. The Morgan fingerprint density at radius 1 is 1.06 bits per heavy atom. The number of nitrogen functional groups attached to an aromatic ring is 1. The number of halogens is 3. The van der Waals surface area contributed by atoms with E-state index in [-0.39, 0.29) is 17.0 Å². The Kier molecular flexibility index (Phi) is 5.62. The maximum absolute atomic E-state index is 14.5. The Balaban J connectivity index is 1.94. The van der Waals surface area contributed by atoms with Gasteiger partial charge in [-0.05, 0) is 42.0 Å². The Labute approximate surface area is 195 Å². The van der Waals surface area contributed by atoms with Crippen LogP contribution in [0.25, 0.3) is 0 Å². The van der Waals surface area contributed by atoms with Gasteiger partial charge in [-0.1, -0.05) is 30.3 Å². The van der Waals surface area contributed by atoms with E-state index < -0.39 is 49.5 Å². The van der Waals surface area contributed by atoms with Gasteiger partial charge < -0.3 is 11.1 Å². The van der Waals surface area contributed by atoms with E-state index in [1.807, 2.05) is 5.32 Å². The van der Waals surface area contributed by atoms with Crippen LogP contribution in [0.3, 0.4) is 0 Å². The number of aromatic amines is 1. The molecule has 1 aliphatic rings. The van der Waals surface area contributed by atoms with E-state index in [0.717, 1.165) is 16.7 Å². The van der Waals surface area contributed by atoms with Crippen molar-refractivity contribution in [3.63, 3.8) is 0 Å². The first kappa shape index (κ1) is 23.7. The molecule has 0 fully saturated rings. The van der Waals surface area contributed by atoms with Gasteiger partial charge in [-0.25, -0.2) is 8.42 Å². The number of anilines is 2. The van der Waals surface area contributed by atoms with E-state index in [4.69, 9.17) is 18.0 Å². The van der Waals surface area contributed by atoms with Gasteiger partial charge in [0.2, 0.25) is 15.6 Å². The lowest BCUT2D eigenvalue weighted by Crippen LogP contribution is -2.61. The first-order valence-electron chi connectivity index (χ1n) is 9.56. The molecule has 2 aromatic carbocycles. The second-order valence-corrected chi connectivity index (χ2v) is 9.50. The SMILES string of the molecule is Nc1ccc(S(=O)(=O)N[C@@]2(C(F)(F)F)C(=O)Nc3c2c(=O)[nH]c(=S)n3Cc2ccccc2)cc1. The number of nitrogens with one attached hydrogen (secondary N) is 3. The minimum atomic E-state index is -5.54. The van der Waals surface area contributed by atoms with Gasteiger partial charge in [-0.2, -0.15) is 17.9 Å². The maximum atomic E-state index is 14.5. The van der Waals surface area contributed by atoms with Crippen molar-refractivity contribution in [2.24, 2.45) is 0 Å². The molecule has 2 heterocycles. The Morgan fingerprint density at radius 3 is 2.26 bits per heavy atom. The molecule has 0 aliphatic carbocycles. The van der Waals surface area contributed by atoms with E-state index in [1.165, 1.54) is 16.9 Å². The second-order valence-electron chi connectivity index (χ2n) is 7.43. The first-order chi connectivity index (χ1) is 15.9. The number of carbonyl (C=O) groups is 1. The molecule has 0 bridgehead atoms. The van der Waals surface area contributed by atoms with Gasteiger partial charge in [0.15, 0.2) is 4.77 Å².